The molecule has 17 heavy (non-hydrogen) atoms. The van der Waals surface area contributed by atoms with Crippen molar-refractivity contribution in [3.63, 3.8) is 0 Å². The minimum atomic E-state index is -0.448. The molecule has 0 fully saturated rings. The highest BCUT2D eigenvalue weighted by atomic mass is 35.5. The molecule has 1 atom stereocenters. The maximum atomic E-state index is 9.35. The Morgan fingerprint density at radius 2 is 2.12 bits per heavy atom. The van der Waals surface area contributed by atoms with E-state index in [4.69, 9.17) is 23.2 Å². The minimum Gasteiger partial charge on any atom is -0.392 e. The van der Waals surface area contributed by atoms with Gasteiger partial charge in [-0.05, 0) is 19.9 Å². The SMILES string of the molecule is CCNc1nc(N(C)CC(C)O)c(Cl)cc1Cl. The Morgan fingerprint density at radius 3 is 2.65 bits per heavy atom. The Hall–Kier alpha value is -0.710. The quantitative estimate of drug-likeness (QED) is 0.869. The van der Waals surface area contributed by atoms with E-state index in [-0.39, 0.29) is 0 Å². The molecule has 96 valence electrons. The first-order valence-corrected chi connectivity index (χ1v) is 6.20. The summed E-state index contributed by atoms with van der Waals surface area (Å²) >= 11 is 12.1. The summed E-state index contributed by atoms with van der Waals surface area (Å²) in [6.07, 6.45) is -0.448. The number of likely N-dealkylation sites (N-methyl/N-ethyl adjacent to an activating group) is 1. The van der Waals surface area contributed by atoms with Crippen LogP contribution in [0.5, 0.6) is 0 Å². The number of nitrogens with zero attached hydrogens (tertiary/aromatic N) is 2. The molecule has 0 saturated heterocycles. The monoisotopic (exact) mass is 277 g/mol. The Kier molecular flexibility index (Phi) is 5.31. The smallest absolute Gasteiger partial charge is 0.149 e. The minimum absolute atomic E-state index is 0.448. The molecule has 0 aromatic carbocycles. The fraction of sp³-hybridized carbons (Fsp3) is 0.545. The second-order valence-electron chi connectivity index (χ2n) is 3.88. The number of pyridine rings is 1. The Morgan fingerprint density at radius 1 is 1.47 bits per heavy atom. The number of hydrogen-bond acceptors (Lipinski definition) is 4. The largest absolute Gasteiger partial charge is 0.392 e. The fourth-order valence-electron chi connectivity index (χ4n) is 1.50. The number of hydrogen-bond donors (Lipinski definition) is 2. The first kappa shape index (κ1) is 14.4. The summed E-state index contributed by atoms with van der Waals surface area (Å²) in [5.74, 6) is 1.21. The molecular formula is C11H17Cl2N3O. The van der Waals surface area contributed by atoms with Crippen LogP contribution in [-0.2, 0) is 0 Å². The van der Waals surface area contributed by atoms with Crippen molar-refractivity contribution in [1.29, 1.82) is 0 Å². The van der Waals surface area contributed by atoms with Crippen LogP contribution in [-0.4, -0.2) is 36.3 Å². The van der Waals surface area contributed by atoms with E-state index < -0.39 is 6.10 Å². The van der Waals surface area contributed by atoms with Crippen LogP contribution in [0.2, 0.25) is 10.0 Å². The summed E-state index contributed by atoms with van der Waals surface area (Å²) in [7, 11) is 1.82. The van der Waals surface area contributed by atoms with Crippen molar-refractivity contribution in [3.8, 4) is 0 Å². The van der Waals surface area contributed by atoms with Gasteiger partial charge in [0.2, 0.25) is 0 Å². The third-order valence-electron chi connectivity index (χ3n) is 2.15. The first-order valence-electron chi connectivity index (χ1n) is 5.44. The van der Waals surface area contributed by atoms with Gasteiger partial charge in [-0.1, -0.05) is 23.2 Å². The predicted molar refractivity (Wildman–Crippen MR) is 73.4 cm³/mol. The van der Waals surface area contributed by atoms with Crippen LogP contribution < -0.4 is 10.2 Å². The number of aromatic nitrogens is 1. The van der Waals surface area contributed by atoms with E-state index >= 15 is 0 Å². The molecule has 0 radical (unpaired) electrons. The van der Waals surface area contributed by atoms with Gasteiger partial charge in [0.25, 0.3) is 0 Å². The second-order valence-corrected chi connectivity index (χ2v) is 4.70. The van der Waals surface area contributed by atoms with Crippen molar-refractivity contribution in [1.82, 2.24) is 4.98 Å². The lowest BCUT2D eigenvalue weighted by Gasteiger charge is -2.22. The van der Waals surface area contributed by atoms with Crippen molar-refractivity contribution in [2.75, 3.05) is 30.4 Å². The van der Waals surface area contributed by atoms with Gasteiger partial charge in [0.15, 0.2) is 0 Å². The zero-order chi connectivity index (χ0) is 13.0. The third-order valence-corrected chi connectivity index (χ3v) is 2.72. The Balaban J connectivity index is 3.02. The number of nitrogens with one attached hydrogen (secondary N) is 1. The lowest BCUT2D eigenvalue weighted by atomic mass is 10.3. The van der Waals surface area contributed by atoms with Crippen LogP contribution in [0.25, 0.3) is 0 Å². The van der Waals surface area contributed by atoms with Gasteiger partial charge in [0, 0.05) is 20.1 Å². The summed E-state index contributed by atoms with van der Waals surface area (Å²) in [5.41, 5.74) is 0. The molecule has 1 aromatic rings. The standard InChI is InChI=1S/C11H17Cl2N3O/c1-4-14-10-8(12)5-9(13)11(15-10)16(3)6-7(2)17/h5,7,17H,4,6H2,1-3H3,(H,14,15). The molecule has 2 N–H and O–H groups in total. The molecule has 0 spiro atoms. The zero-order valence-electron chi connectivity index (χ0n) is 10.2. The van der Waals surface area contributed by atoms with E-state index in [2.05, 4.69) is 10.3 Å². The lowest BCUT2D eigenvalue weighted by molar-refractivity contribution is 0.201. The van der Waals surface area contributed by atoms with Crippen LogP contribution in [0, 0.1) is 0 Å². The van der Waals surface area contributed by atoms with E-state index in [1.165, 1.54) is 0 Å². The number of anilines is 2. The molecule has 6 heteroatoms. The lowest BCUT2D eigenvalue weighted by Crippen LogP contribution is -2.28. The van der Waals surface area contributed by atoms with Crippen molar-refractivity contribution >= 4 is 34.8 Å². The number of aliphatic hydroxyl groups excluding tert-OH is 1. The van der Waals surface area contributed by atoms with Gasteiger partial charge in [0.05, 0.1) is 16.1 Å². The molecule has 0 aliphatic rings. The topological polar surface area (TPSA) is 48.4 Å². The van der Waals surface area contributed by atoms with Crippen molar-refractivity contribution in [2.24, 2.45) is 0 Å². The highest BCUT2D eigenvalue weighted by Gasteiger charge is 2.13. The molecule has 4 nitrogen and oxygen atoms in total. The van der Waals surface area contributed by atoms with Gasteiger partial charge in [-0.15, -0.1) is 0 Å². The normalized spacial score (nSPS) is 12.4. The summed E-state index contributed by atoms with van der Waals surface area (Å²) in [6, 6.07) is 1.65. The van der Waals surface area contributed by atoms with Gasteiger partial charge < -0.3 is 15.3 Å². The number of aliphatic hydroxyl groups is 1. The molecular weight excluding hydrogens is 261 g/mol. The van der Waals surface area contributed by atoms with Gasteiger partial charge >= 0.3 is 0 Å². The van der Waals surface area contributed by atoms with Gasteiger partial charge in [-0.2, -0.15) is 0 Å². The Bertz CT molecular complexity index is 385. The second kappa shape index (κ2) is 6.28. The maximum absolute atomic E-state index is 9.35. The molecule has 0 aliphatic heterocycles. The maximum Gasteiger partial charge on any atom is 0.149 e. The van der Waals surface area contributed by atoms with E-state index in [0.717, 1.165) is 6.54 Å². The van der Waals surface area contributed by atoms with E-state index in [0.29, 0.717) is 28.2 Å². The van der Waals surface area contributed by atoms with E-state index in [1.807, 2.05) is 14.0 Å². The molecule has 0 aliphatic carbocycles. The van der Waals surface area contributed by atoms with Crippen molar-refractivity contribution < 1.29 is 5.11 Å². The van der Waals surface area contributed by atoms with Crippen LogP contribution in [0.3, 0.4) is 0 Å². The average molecular weight is 278 g/mol. The summed E-state index contributed by atoms with van der Waals surface area (Å²) in [5, 5.41) is 13.4. The van der Waals surface area contributed by atoms with Crippen molar-refractivity contribution in [2.45, 2.75) is 20.0 Å². The molecule has 0 saturated carbocycles. The first-order chi connectivity index (χ1) is 7.95. The third kappa shape index (κ3) is 3.91. The molecule has 1 unspecified atom stereocenters. The average Bonchev–Trinajstić information content (AvgIpc) is 2.21. The van der Waals surface area contributed by atoms with Gasteiger partial charge in [-0.25, -0.2) is 4.98 Å². The van der Waals surface area contributed by atoms with Crippen molar-refractivity contribution in [3.05, 3.63) is 16.1 Å². The highest BCUT2D eigenvalue weighted by molar-refractivity contribution is 6.37. The number of rotatable bonds is 5. The van der Waals surface area contributed by atoms with Gasteiger partial charge in [0.1, 0.15) is 11.6 Å². The summed E-state index contributed by atoms with van der Waals surface area (Å²) in [4.78, 5) is 6.15. The van der Waals surface area contributed by atoms with Crippen LogP contribution in [0.1, 0.15) is 13.8 Å². The van der Waals surface area contributed by atoms with Crippen LogP contribution in [0.15, 0.2) is 6.07 Å². The highest BCUT2D eigenvalue weighted by Crippen LogP contribution is 2.30. The number of halogens is 2. The van der Waals surface area contributed by atoms with Gasteiger partial charge in [-0.3, -0.25) is 0 Å². The van der Waals surface area contributed by atoms with E-state index in [9.17, 15) is 5.11 Å². The Labute approximate surface area is 112 Å². The van der Waals surface area contributed by atoms with E-state index in [1.54, 1.807) is 17.9 Å². The molecule has 1 heterocycles. The molecule has 0 amide bonds. The predicted octanol–water partition coefficient (Wildman–Crippen LogP) is 2.64. The molecule has 1 aromatic heterocycles. The zero-order valence-corrected chi connectivity index (χ0v) is 11.7. The molecule has 0 bridgehead atoms. The molecule has 1 rings (SSSR count). The fourth-order valence-corrected chi connectivity index (χ4v) is 2.07. The van der Waals surface area contributed by atoms with Crippen LogP contribution >= 0.6 is 23.2 Å². The summed E-state index contributed by atoms with van der Waals surface area (Å²) in [6.45, 7) is 4.87. The summed E-state index contributed by atoms with van der Waals surface area (Å²) < 4.78 is 0. The van der Waals surface area contributed by atoms with Crippen LogP contribution in [0.4, 0.5) is 11.6 Å².